The molecule has 1 fully saturated rings. The lowest BCUT2D eigenvalue weighted by molar-refractivity contribution is 0.0137. The number of nitrogens with zero attached hydrogens (tertiary/aromatic N) is 4. The highest BCUT2D eigenvalue weighted by Gasteiger charge is 2.28. The third kappa shape index (κ3) is 4.45. The maximum Gasteiger partial charge on any atom is 0.257 e. The monoisotopic (exact) mass is 334 g/mol. The zero-order valence-electron chi connectivity index (χ0n) is 15.5. The van der Waals surface area contributed by atoms with Gasteiger partial charge >= 0.3 is 0 Å². The van der Waals surface area contributed by atoms with E-state index in [1.807, 2.05) is 50.7 Å². The fraction of sp³-hybridized carbons (Fsp3) is 0.667. The van der Waals surface area contributed by atoms with Crippen LogP contribution in [0.25, 0.3) is 0 Å². The van der Waals surface area contributed by atoms with Crippen molar-refractivity contribution in [2.24, 2.45) is 5.41 Å². The molecule has 6 nitrogen and oxygen atoms in total. The average Bonchev–Trinajstić information content (AvgIpc) is 2.54. The summed E-state index contributed by atoms with van der Waals surface area (Å²) in [7, 11) is 3.79. The molecule has 2 rings (SSSR count). The second-order valence-electron chi connectivity index (χ2n) is 7.74. The molecule has 24 heavy (non-hydrogen) atoms. The summed E-state index contributed by atoms with van der Waals surface area (Å²) in [4.78, 5) is 23.1. The Kier molecular flexibility index (Phi) is 5.83. The minimum absolute atomic E-state index is 0.0304. The molecule has 0 spiro atoms. The first-order valence-corrected chi connectivity index (χ1v) is 8.52. The Morgan fingerprint density at radius 2 is 1.92 bits per heavy atom. The molecule has 1 N–H and O–H groups in total. The van der Waals surface area contributed by atoms with Gasteiger partial charge in [0.1, 0.15) is 5.82 Å². The minimum atomic E-state index is -0.363. The van der Waals surface area contributed by atoms with Crippen LogP contribution in [0.4, 0.5) is 5.82 Å². The van der Waals surface area contributed by atoms with Gasteiger partial charge in [-0.1, -0.05) is 20.8 Å². The van der Waals surface area contributed by atoms with Crippen LogP contribution in [0.2, 0.25) is 0 Å². The highest BCUT2D eigenvalue weighted by atomic mass is 16.3. The van der Waals surface area contributed by atoms with Crippen molar-refractivity contribution in [3.05, 3.63) is 23.9 Å². The topological polar surface area (TPSA) is 59.9 Å². The van der Waals surface area contributed by atoms with E-state index in [0.29, 0.717) is 31.0 Å². The molecule has 0 bridgehead atoms. The van der Waals surface area contributed by atoms with Crippen LogP contribution in [0, 0.1) is 5.41 Å². The summed E-state index contributed by atoms with van der Waals surface area (Å²) in [5.74, 6) is 0.732. The molecule has 1 aliphatic heterocycles. The van der Waals surface area contributed by atoms with Crippen molar-refractivity contribution in [3.63, 3.8) is 0 Å². The molecule has 0 aliphatic carbocycles. The summed E-state index contributed by atoms with van der Waals surface area (Å²) in [6.45, 7) is 9.72. The standard InChI is InChI=1S/C18H30N4O2/c1-18(2,3)15(23)13-21-9-11-22(12-10-21)17(24)14-7-6-8-19-16(14)20(4)5/h6-8,15,23H,9-13H2,1-5H3/t15-/m1/s1. The first-order valence-electron chi connectivity index (χ1n) is 8.52. The number of pyridine rings is 1. The molecule has 134 valence electrons. The average molecular weight is 334 g/mol. The van der Waals surface area contributed by atoms with Gasteiger partial charge in [0, 0.05) is 53.0 Å². The lowest BCUT2D eigenvalue weighted by Gasteiger charge is -2.38. The zero-order valence-corrected chi connectivity index (χ0v) is 15.5. The van der Waals surface area contributed by atoms with Gasteiger partial charge in [-0.3, -0.25) is 9.69 Å². The number of hydrogen-bond acceptors (Lipinski definition) is 5. The van der Waals surface area contributed by atoms with Crippen LogP contribution in [0.15, 0.2) is 18.3 Å². The highest BCUT2D eigenvalue weighted by Crippen LogP contribution is 2.21. The predicted octanol–water partition coefficient (Wildman–Crippen LogP) is 1.31. The number of piperazine rings is 1. The van der Waals surface area contributed by atoms with Crippen molar-refractivity contribution in [2.45, 2.75) is 26.9 Å². The summed E-state index contributed by atoms with van der Waals surface area (Å²) >= 11 is 0. The lowest BCUT2D eigenvalue weighted by atomic mass is 9.89. The Balaban J connectivity index is 1.96. The Morgan fingerprint density at radius 1 is 1.29 bits per heavy atom. The van der Waals surface area contributed by atoms with Gasteiger partial charge in [0.05, 0.1) is 11.7 Å². The number of carbonyl (C=O) groups excluding carboxylic acids is 1. The third-order valence-electron chi connectivity index (χ3n) is 4.53. The molecule has 0 saturated carbocycles. The number of aliphatic hydroxyl groups is 1. The smallest absolute Gasteiger partial charge is 0.257 e. The van der Waals surface area contributed by atoms with Gasteiger partial charge in [0.25, 0.3) is 5.91 Å². The minimum Gasteiger partial charge on any atom is -0.391 e. The predicted molar refractivity (Wildman–Crippen MR) is 96.4 cm³/mol. The molecule has 0 unspecified atom stereocenters. The summed E-state index contributed by atoms with van der Waals surface area (Å²) < 4.78 is 0. The van der Waals surface area contributed by atoms with Crippen LogP contribution < -0.4 is 4.90 Å². The largest absolute Gasteiger partial charge is 0.391 e. The van der Waals surface area contributed by atoms with E-state index >= 15 is 0 Å². The molecular weight excluding hydrogens is 304 g/mol. The molecule has 1 aromatic rings. The normalized spacial score (nSPS) is 17.7. The van der Waals surface area contributed by atoms with Crippen LogP contribution >= 0.6 is 0 Å². The van der Waals surface area contributed by atoms with Crippen molar-refractivity contribution in [1.82, 2.24) is 14.8 Å². The fourth-order valence-corrected chi connectivity index (χ4v) is 2.74. The van der Waals surface area contributed by atoms with Gasteiger partial charge in [-0.15, -0.1) is 0 Å². The molecular formula is C18H30N4O2. The number of aliphatic hydroxyl groups excluding tert-OH is 1. The molecule has 1 saturated heterocycles. The molecule has 6 heteroatoms. The second-order valence-corrected chi connectivity index (χ2v) is 7.74. The molecule has 1 aliphatic rings. The SMILES string of the molecule is CN(C)c1ncccc1C(=O)N1CCN(C[C@@H](O)C(C)(C)C)CC1. The summed E-state index contributed by atoms with van der Waals surface area (Å²) in [5.41, 5.74) is 0.522. The Hall–Kier alpha value is -1.66. The van der Waals surface area contributed by atoms with Crippen LogP contribution in [0.3, 0.4) is 0 Å². The van der Waals surface area contributed by atoms with E-state index in [0.717, 1.165) is 13.1 Å². The summed E-state index contributed by atoms with van der Waals surface area (Å²) in [6, 6.07) is 3.64. The molecule has 1 amide bonds. The summed E-state index contributed by atoms with van der Waals surface area (Å²) in [5, 5.41) is 10.3. The highest BCUT2D eigenvalue weighted by molar-refractivity contribution is 5.98. The van der Waals surface area contributed by atoms with Gasteiger partial charge in [-0.05, 0) is 17.5 Å². The Labute approximate surface area is 145 Å². The van der Waals surface area contributed by atoms with Crippen LogP contribution in [0.1, 0.15) is 31.1 Å². The fourth-order valence-electron chi connectivity index (χ4n) is 2.74. The summed E-state index contributed by atoms with van der Waals surface area (Å²) in [6.07, 6.45) is 1.34. The maximum atomic E-state index is 12.8. The van der Waals surface area contributed by atoms with E-state index in [1.54, 1.807) is 12.3 Å². The lowest BCUT2D eigenvalue weighted by Crippen LogP contribution is -2.51. The van der Waals surface area contributed by atoms with Crippen molar-refractivity contribution >= 4 is 11.7 Å². The van der Waals surface area contributed by atoms with Crippen molar-refractivity contribution in [1.29, 1.82) is 0 Å². The van der Waals surface area contributed by atoms with Crippen molar-refractivity contribution in [3.8, 4) is 0 Å². The number of β-amino-alcohol motifs (C(OH)–C–C–N with tert-alkyl or cyclic N) is 1. The third-order valence-corrected chi connectivity index (χ3v) is 4.53. The van der Waals surface area contributed by atoms with Gasteiger partial charge in [0.15, 0.2) is 0 Å². The second kappa shape index (κ2) is 7.49. The number of carbonyl (C=O) groups is 1. The van der Waals surface area contributed by atoms with E-state index in [9.17, 15) is 9.90 Å². The van der Waals surface area contributed by atoms with Gasteiger partial charge in [-0.25, -0.2) is 4.98 Å². The Bertz CT molecular complexity index is 560. The number of hydrogen-bond donors (Lipinski definition) is 1. The molecule has 1 aromatic heterocycles. The van der Waals surface area contributed by atoms with Crippen molar-refractivity contribution < 1.29 is 9.90 Å². The van der Waals surface area contributed by atoms with Gasteiger partial charge in [-0.2, -0.15) is 0 Å². The number of anilines is 1. The molecule has 0 radical (unpaired) electrons. The van der Waals surface area contributed by atoms with Crippen LogP contribution in [-0.4, -0.2) is 78.7 Å². The Morgan fingerprint density at radius 3 is 2.46 bits per heavy atom. The molecule has 2 heterocycles. The number of rotatable bonds is 4. The van der Waals surface area contributed by atoms with E-state index in [2.05, 4.69) is 9.88 Å². The first kappa shape index (κ1) is 18.7. The van der Waals surface area contributed by atoms with Crippen LogP contribution in [0.5, 0.6) is 0 Å². The van der Waals surface area contributed by atoms with E-state index < -0.39 is 0 Å². The van der Waals surface area contributed by atoms with Crippen LogP contribution in [-0.2, 0) is 0 Å². The molecule has 1 atom stereocenters. The van der Waals surface area contributed by atoms with E-state index in [4.69, 9.17) is 0 Å². The number of amides is 1. The maximum absolute atomic E-state index is 12.8. The molecule has 0 aromatic carbocycles. The zero-order chi connectivity index (χ0) is 17.9. The van der Waals surface area contributed by atoms with Gasteiger partial charge in [0.2, 0.25) is 0 Å². The van der Waals surface area contributed by atoms with Crippen molar-refractivity contribution in [2.75, 3.05) is 51.7 Å². The van der Waals surface area contributed by atoms with Gasteiger partial charge < -0.3 is 14.9 Å². The number of aromatic nitrogens is 1. The van der Waals surface area contributed by atoms with E-state index in [-0.39, 0.29) is 17.4 Å². The van der Waals surface area contributed by atoms with E-state index in [1.165, 1.54) is 0 Å². The quantitative estimate of drug-likeness (QED) is 0.900. The first-order chi connectivity index (χ1) is 11.2.